The van der Waals surface area contributed by atoms with Gasteiger partial charge in [0.05, 0.1) is 12.1 Å². The smallest absolute Gasteiger partial charge is 0.318 e. The molecule has 9 heteroatoms. The molecule has 0 unspecified atom stereocenters. The molecule has 3 aromatic carbocycles. The van der Waals surface area contributed by atoms with Gasteiger partial charge in [-0.1, -0.05) is 66.7 Å². The Labute approximate surface area is 195 Å². The highest BCUT2D eigenvalue weighted by atomic mass is 16.2. The van der Waals surface area contributed by atoms with Gasteiger partial charge < -0.3 is 5.32 Å². The molecule has 4 aromatic rings. The molecule has 1 fully saturated rings. The number of imide groups is 1. The van der Waals surface area contributed by atoms with Crippen molar-refractivity contribution in [1.29, 1.82) is 0 Å². The van der Waals surface area contributed by atoms with Gasteiger partial charge in [0.2, 0.25) is 0 Å². The molecular weight excluding hydrogens is 432 g/mol. The summed E-state index contributed by atoms with van der Waals surface area (Å²) in [5.74, 6) is -1.07. The highest BCUT2D eigenvalue weighted by Gasteiger charge is 2.52. The third-order valence-corrected chi connectivity index (χ3v) is 6.07. The van der Waals surface area contributed by atoms with Gasteiger partial charge in [-0.3, -0.25) is 15.0 Å². The van der Waals surface area contributed by atoms with Crippen LogP contribution in [0.15, 0.2) is 78.9 Å². The van der Waals surface area contributed by atoms with Crippen molar-refractivity contribution in [3.05, 3.63) is 95.6 Å². The normalized spacial score (nSPS) is 17.7. The Hall–Kier alpha value is -4.53. The average Bonchev–Trinajstić information content (AvgIpc) is 3.39. The van der Waals surface area contributed by atoms with Crippen molar-refractivity contribution in [2.45, 2.75) is 25.4 Å². The highest BCUT2D eigenvalue weighted by molar-refractivity contribution is 6.09. The van der Waals surface area contributed by atoms with E-state index in [9.17, 15) is 14.4 Å². The molecule has 1 aliphatic rings. The SMILES string of the molecule is CC[C@]1(c2ccccc2)NC(=O)N(NC(=O)c2ccc(Cn3nnc4ccccc43)cc2)C1=O. The van der Waals surface area contributed by atoms with Crippen molar-refractivity contribution in [3.8, 4) is 0 Å². The lowest BCUT2D eigenvalue weighted by Gasteiger charge is -2.25. The van der Waals surface area contributed by atoms with Gasteiger partial charge in [-0.05, 0) is 41.8 Å². The molecule has 1 aromatic heterocycles. The Morgan fingerprint density at radius 1 is 0.971 bits per heavy atom. The van der Waals surface area contributed by atoms with Crippen LogP contribution in [0, 0.1) is 0 Å². The van der Waals surface area contributed by atoms with Crippen LogP contribution in [0.2, 0.25) is 0 Å². The van der Waals surface area contributed by atoms with Crippen molar-refractivity contribution < 1.29 is 14.4 Å². The van der Waals surface area contributed by atoms with Crippen molar-refractivity contribution >= 4 is 28.9 Å². The number of nitrogens with one attached hydrogen (secondary N) is 2. The van der Waals surface area contributed by atoms with Gasteiger partial charge in [0.15, 0.2) is 0 Å². The molecule has 170 valence electrons. The summed E-state index contributed by atoms with van der Waals surface area (Å²) in [4.78, 5) is 38.6. The number of amides is 4. The second-order valence-electron chi connectivity index (χ2n) is 8.07. The Kier molecular flexibility index (Phi) is 5.29. The van der Waals surface area contributed by atoms with Gasteiger partial charge in [-0.15, -0.1) is 5.10 Å². The number of urea groups is 1. The van der Waals surface area contributed by atoms with Gasteiger partial charge in [0, 0.05) is 5.56 Å². The fraction of sp³-hybridized carbons (Fsp3) is 0.160. The summed E-state index contributed by atoms with van der Waals surface area (Å²) in [6, 6.07) is 22.9. The Morgan fingerprint density at radius 3 is 2.41 bits per heavy atom. The lowest BCUT2D eigenvalue weighted by molar-refractivity contribution is -0.133. The fourth-order valence-electron chi connectivity index (χ4n) is 4.17. The lowest BCUT2D eigenvalue weighted by atomic mass is 9.87. The van der Waals surface area contributed by atoms with Gasteiger partial charge in [0.25, 0.3) is 11.8 Å². The van der Waals surface area contributed by atoms with Crippen LogP contribution in [0.4, 0.5) is 4.79 Å². The molecule has 2 heterocycles. The molecule has 0 aliphatic carbocycles. The number of hydrazine groups is 1. The van der Waals surface area contributed by atoms with Gasteiger partial charge in [-0.25, -0.2) is 9.48 Å². The molecule has 1 aliphatic heterocycles. The van der Waals surface area contributed by atoms with Gasteiger partial charge >= 0.3 is 6.03 Å². The first kappa shape index (κ1) is 21.3. The molecule has 0 saturated carbocycles. The Morgan fingerprint density at radius 2 is 1.68 bits per heavy atom. The number of nitrogens with zero attached hydrogens (tertiary/aromatic N) is 4. The quantitative estimate of drug-likeness (QED) is 0.436. The molecule has 1 atom stereocenters. The fourth-order valence-corrected chi connectivity index (χ4v) is 4.17. The summed E-state index contributed by atoms with van der Waals surface area (Å²) in [5, 5.41) is 11.8. The number of hydrogen-bond acceptors (Lipinski definition) is 5. The minimum Gasteiger partial charge on any atom is -0.318 e. The van der Waals surface area contributed by atoms with Crippen LogP contribution >= 0.6 is 0 Å². The van der Waals surface area contributed by atoms with Crippen molar-refractivity contribution in [1.82, 2.24) is 30.7 Å². The number of benzene rings is 3. The monoisotopic (exact) mass is 454 g/mol. The Bertz CT molecular complexity index is 1380. The summed E-state index contributed by atoms with van der Waals surface area (Å²) in [6.45, 7) is 2.30. The molecule has 9 nitrogen and oxygen atoms in total. The number of para-hydroxylation sites is 1. The molecule has 2 N–H and O–H groups in total. The van der Waals surface area contributed by atoms with Gasteiger partial charge in [0.1, 0.15) is 11.1 Å². The van der Waals surface area contributed by atoms with Crippen LogP contribution in [0.3, 0.4) is 0 Å². The number of rotatable bonds is 6. The topological polar surface area (TPSA) is 109 Å². The maximum atomic E-state index is 13.2. The third-order valence-electron chi connectivity index (χ3n) is 6.07. The predicted octanol–water partition coefficient (Wildman–Crippen LogP) is 2.98. The molecular formula is C25H22N6O3. The third kappa shape index (κ3) is 3.57. The molecule has 5 rings (SSSR count). The average molecular weight is 454 g/mol. The molecule has 1 saturated heterocycles. The zero-order valence-electron chi connectivity index (χ0n) is 18.4. The van der Waals surface area contributed by atoms with Gasteiger partial charge in [-0.2, -0.15) is 5.01 Å². The van der Waals surface area contributed by atoms with E-state index < -0.39 is 23.4 Å². The first-order valence-corrected chi connectivity index (χ1v) is 10.9. The van der Waals surface area contributed by atoms with Crippen LogP contribution in [0.5, 0.6) is 0 Å². The van der Waals surface area contributed by atoms with E-state index in [2.05, 4.69) is 21.1 Å². The van der Waals surface area contributed by atoms with E-state index >= 15 is 0 Å². The van der Waals surface area contributed by atoms with E-state index in [4.69, 9.17) is 0 Å². The van der Waals surface area contributed by atoms with E-state index in [1.54, 1.807) is 53.2 Å². The molecule has 0 bridgehead atoms. The summed E-state index contributed by atoms with van der Waals surface area (Å²) in [7, 11) is 0. The molecule has 0 radical (unpaired) electrons. The molecule has 4 amide bonds. The molecule has 0 spiro atoms. The van der Waals surface area contributed by atoms with E-state index in [1.165, 1.54) is 0 Å². The van der Waals surface area contributed by atoms with Crippen molar-refractivity contribution in [3.63, 3.8) is 0 Å². The summed E-state index contributed by atoms with van der Waals surface area (Å²) >= 11 is 0. The summed E-state index contributed by atoms with van der Waals surface area (Å²) < 4.78 is 1.78. The number of carbonyl (C=O) groups is 3. The summed E-state index contributed by atoms with van der Waals surface area (Å²) in [6.07, 6.45) is 0.347. The van der Waals surface area contributed by atoms with E-state index in [0.717, 1.165) is 21.6 Å². The maximum absolute atomic E-state index is 13.2. The zero-order chi connectivity index (χ0) is 23.7. The minimum atomic E-state index is -1.21. The summed E-state index contributed by atoms with van der Waals surface area (Å²) in [5.41, 5.74) is 4.88. The maximum Gasteiger partial charge on any atom is 0.344 e. The Balaban J connectivity index is 1.30. The van der Waals surface area contributed by atoms with Crippen LogP contribution < -0.4 is 10.7 Å². The van der Waals surface area contributed by atoms with Crippen LogP contribution in [-0.4, -0.2) is 37.8 Å². The van der Waals surface area contributed by atoms with Crippen LogP contribution in [0.25, 0.3) is 11.0 Å². The van der Waals surface area contributed by atoms with E-state index in [-0.39, 0.29) is 0 Å². The highest BCUT2D eigenvalue weighted by Crippen LogP contribution is 2.31. The lowest BCUT2D eigenvalue weighted by Crippen LogP contribution is -2.48. The van der Waals surface area contributed by atoms with E-state index in [1.807, 2.05) is 37.3 Å². The van der Waals surface area contributed by atoms with Crippen molar-refractivity contribution in [2.75, 3.05) is 0 Å². The predicted molar refractivity (Wildman–Crippen MR) is 124 cm³/mol. The van der Waals surface area contributed by atoms with E-state index in [0.29, 0.717) is 24.1 Å². The van der Waals surface area contributed by atoms with Crippen molar-refractivity contribution in [2.24, 2.45) is 0 Å². The second kappa shape index (κ2) is 8.43. The standard InChI is InChI=1S/C25H22N6O3/c1-2-25(19-8-4-3-5-9-19)23(33)31(24(34)26-25)28-22(32)18-14-12-17(13-15-18)16-30-21-11-7-6-10-20(21)27-29-30/h3-15H,2,16H2,1H3,(H,26,34)(H,28,32)/t25-/m1/s1. The van der Waals surface area contributed by atoms with Crippen LogP contribution in [-0.2, 0) is 16.9 Å². The first-order chi connectivity index (χ1) is 16.5. The number of fused-ring (bicyclic) bond motifs is 1. The number of aromatic nitrogens is 3. The largest absolute Gasteiger partial charge is 0.344 e. The zero-order valence-corrected chi connectivity index (χ0v) is 18.4. The van der Waals surface area contributed by atoms with Crippen LogP contribution in [0.1, 0.15) is 34.8 Å². The molecule has 34 heavy (non-hydrogen) atoms. The first-order valence-electron chi connectivity index (χ1n) is 10.9. The number of carbonyl (C=O) groups excluding carboxylic acids is 3. The minimum absolute atomic E-state index is 0.321. The second-order valence-corrected chi connectivity index (χ2v) is 8.07. The number of hydrogen-bond donors (Lipinski definition) is 2.